The monoisotopic (exact) mass is 320 g/mol. The summed E-state index contributed by atoms with van der Waals surface area (Å²) < 4.78 is 57.8. The summed E-state index contributed by atoms with van der Waals surface area (Å²) in [4.78, 5) is 0. The molecule has 0 aromatic heterocycles. The molecule has 0 aromatic carbocycles. The van der Waals surface area contributed by atoms with Gasteiger partial charge in [0, 0.05) is 17.1 Å². The van der Waals surface area contributed by atoms with Crippen LogP contribution in [0.3, 0.4) is 0 Å². The Morgan fingerprint density at radius 2 is 1.33 bits per heavy atom. The first-order chi connectivity index (χ1) is 7.77. The fraction of sp³-hybridized carbons (Fsp3) is 0.111. The fourth-order valence-corrected chi connectivity index (χ4v) is 0.236. The minimum absolute atomic E-state index is 0. The maximum Gasteiger partial charge on any atom is 0 e. The number of hydrogen-bond acceptors (Lipinski definition) is 3. The first-order valence-electron chi connectivity index (χ1n) is 3.17. The maximum absolute atomic E-state index is 10.1. The first-order valence-corrected chi connectivity index (χ1v) is 4.48. The zero-order valence-corrected chi connectivity index (χ0v) is 11.1. The summed E-state index contributed by atoms with van der Waals surface area (Å²) in [5.41, 5.74) is 0. The third-order valence-electron chi connectivity index (χ3n) is 0.402. The van der Waals surface area contributed by atoms with Crippen LogP contribution in [0.1, 0.15) is 6.92 Å². The predicted molar refractivity (Wildman–Crippen MR) is 50.8 cm³/mol. The van der Waals surface area contributed by atoms with Gasteiger partial charge in [-0.1, -0.05) is 6.92 Å². The number of halogens is 1. The van der Waals surface area contributed by atoms with E-state index in [2.05, 4.69) is 33.8 Å². The van der Waals surface area contributed by atoms with Crippen LogP contribution in [-0.2, 0) is 41.5 Å². The Kier molecular flexibility index (Phi) is 72.0. The van der Waals surface area contributed by atoms with E-state index in [4.69, 9.17) is 26.9 Å². The van der Waals surface area contributed by atoms with Gasteiger partial charge >= 0.3 is 33.9 Å². The zero-order valence-electron chi connectivity index (χ0n) is 9.16. The van der Waals surface area contributed by atoms with Gasteiger partial charge in [0.25, 0.3) is 10.5 Å². The summed E-state index contributed by atoms with van der Waals surface area (Å²) in [5, 5.41) is 0. The van der Waals surface area contributed by atoms with Gasteiger partial charge in [-0.05, 0) is 32.6 Å². The van der Waals surface area contributed by atoms with Crippen LogP contribution in [0.5, 0.6) is 0 Å². The minimum atomic E-state index is -5.42. The van der Waals surface area contributed by atoms with E-state index in [1.807, 2.05) is 19.8 Å². The van der Waals surface area contributed by atoms with Crippen molar-refractivity contribution < 1.29 is 47.9 Å². The SMILES string of the molecule is O=S(=O)([O-])F.[C-]#[O+].[C-]#[O+].[C-]#[O+].[CH2][C]([CH2])[CH][CH]C.[Fe]. The molecule has 0 rings (SSSR count). The van der Waals surface area contributed by atoms with Crippen LogP contribution in [0.15, 0.2) is 0 Å². The van der Waals surface area contributed by atoms with Crippen molar-refractivity contribution in [3.8, 4) is 0 Å². The Balaban J connectivity index is -0.0000000274. The van der Waals surface area contributed by atoms with Gasteiger partial charge in [0.1, 0.15) is 0 Å². The molecule has 0 bridgehead atoms. The Morgan fingerprint density at radius 3 is 1.33 bits per heavy atom. The Hall–Kier alpha value is -0.421. The van der Waals surface area contributed by atoms with E-state index >= 15 is 0 Å². The molecule has 103 valence electrons. The molecule has 0 unspecified atom stereocenters. The van der Waals surface area contributed by atoms with Crippen molar-refractivity contribution in [2.45, 2.75) is 6.92 Å². The van der Waals surface area contributed by atoms with Crippen LogP contribution in [0, 0.1) is 52.6 Å². The maximum atomic E-state index is 10.1. The smallest absolute Gasteiger partial charge is 0 e. The van der Waals surface area contributed by atoms with E-state index in [9.17, 15) is 3.89 Å². The molecule has 0 spiro atoms. The summed E-state index contributed by atoms with van der Waals surface area (Å²) in [6.07, 6.45) is 3.77. The number of hydrogen-bond donors (Lipinski definition) is 0. The van der Waals surface area contributed by atoms with E-state index in [0.717, 1.165) is 5.92 Å². The predicted octanol–water partition coefficient (Wildman–Crippen LogP) is 0.959. The van der Waals surface area contributed by atoms with Crippen molar-refractivity contribution in [2.24, 2.45) is 0 Å². The second-order valence-electron chi connectivity index (χ2n) is 1.55. The molecule has 5 radical (unpaired) electrons. The molecule has 0 amide bonds. The Bertz CT molecular complexity index is 248. The van der Waals surface area contributed by atoms with E-state index < -0.39 is 10.5 Å². The van der Waals surface area contributed by atoms with Crippen LogP contribution in [0.25, 0.3) is 0 Å². The summed E-state index contributed by atoms with van der Waals surface area (Å²) >= 11 is 0. The number of rotatable bonds is 2. The summed E-state index contributed by atoms with van der Waals surface area (Å²) in [6.45, 7) is 22.5. The third kappa shape index (κ3) is 498. The topological polar surface area (TPSA) is 117 Å². The molecular formula is C9H9FFeO6S-. The van der Waals surface area contributed by atoms with Crippen LogP contribution in [0.4, 0.5) is 3.89 Å². The second kappa shape index (κ2) is 36.0. The largest absolute Gasteiger partial charge is 0.0619 e. The van der Waals surface area contributed by atoms with Crippen LogP contribution in [0.2, 0.25) is 0 Å². The minimum Gasteiger partial charge on any atom is -0.0619 e. The van der Waals surface area contributed by atoms with Crippen LogP contribution in [-0.4, -0.2) is 13.0 Å². The van der Waals surface area contributed by atoms with E-state index in [-0.39, 0.29) is 17.1 Å². The molecule has 0 atom stereocenters. The summed E-state index contributed by atoms with van der Waals surface area (Å²) in [7, 11) is -5.42. The molecule has 0 aliphatic heterocycles. The summed E-state index contributed by atoms with van der Waals surface area (Å²) in [6, 6.07) is 0. The van der Waals surface area contributed by atoms with E-state index in [0.29, 0.717) is 0 Å². The molecule has 0 aliphatic rings. The molecule has 0 N–H and O–H groups in total. The summed E-state index contributed by atoms with van der Waals surface area (Å²) in [5.74, 6) is 0.859. The first kappa shape index (κ1) is 36.0. The van der Waals surface area contributed by atoms with E-state index in [1.54, 1.807) is 0 Å². The van der Waals surface area contributed by atoms with Gasteiger partial charge in [-0.3, -0.25) is 0 Å². The Labute approximate surface area is 118 Å². The normalized spacial score (nSPS) is 6.89. The van der Waals surface area contributed by atoms with Crippen molar-refractivity contribution in [2.75, 3.05) is 0 Å². The molecule has 0 heterocycles. The molecular weight excluding hydrogens is 311 g/mol. The van der Waals surface area contributed by atoms with Gasteiger partial charge in [-0.2, -0.15) is 0 Å². The molecule has 18 heavy (non-hydrogen) atoms. The molecule has 6 nitrogen and oxygen atoms in total. The molecule has 9 heteroatoms. The van der Waals surface area contributed by atoms with Crippen molar-refractivity contribution in [1.29, 1.82) is 0 Å². The standard InChI is InChI=1S/C6H9.3CO.FHO3S.Fe/c1-4-5-6(2)3;3*1-2;1-5(2,3)4;/h4-5H,2-3H2,1H3;;;;(H,2,3,4);/p-1. The average molecular weight is 320 g/mol. The van der Waals surface area contributed by atoms with Gasteiger partial charge in [0.05, 0.1) is 0 Å². The van der Waals surface area contributed by atoms with Crippen molar-refractivity contribution >= 4 is 10.5 Å². The van der Waals surface area contributed by atoms with Gasteiger partial charge in [-0.25, -0.2) is 8.42 Å². The molecule has 0 aromatic rings. The van der Waals surface area contributed by atoms with E-state index in [1.165, 1.54) is 0 Å². The third-order valence-corrected chi connectivity index (χ3v) is 0.402. The fourth-order valence-electron chi connectivity index (χ4n) is 0.236. The average Bonchev–Trinajstić information content (AvgIpc) is 2.24. The van der Waals surface area contributed by atoms with Gasteiger partial charge < -0.3 is 4.55 Å². The Morgan fingerprint density at radius 1 is 1.17 bits per heavy atom. The van der Waals surface area contributed by atoms with Gasteiger partial charge in [-0.15, -0.1) is 3.89 Å². The quantitative estimate of drug-likeness (QED) is 0.248. The van der Waals surface area contributed by atoms with Gasteiger partial charge in [0.15, 0.2) is 0 Å². The molecule has 0 saturated heterocycles. The molecule has 0 aliphatic carbocycles. The van der Waals surface area contributed by atoms with Crippen LogP contribution < -0.4 is 0 Å². The van der Waals surface area contributed by atoms with Gasteiger partial charge in [0.2, 0.25) is 0 Å². The molecule has 0 saturated carbocycles. The van der Waals surface area contributed by atoms with Crippen molar-refractivity contribution in [1.82, 2.24) is 0 Å². The van der Waals surface area contributed by atoms with Crippen molar-refractivity contribution in [3.05, 3.63) is 52.6 Å². The zero-order chi connectivity index (χ0) is 15.5. The van der Waals surface area contributed by atoms with Crippen LogP contribution >= 0.6 is 0 Å². The molecule has 0 fully saturated rings. The van der Waals surface area contributed by atoms with Crippen molar-refractivity contribution in [3.63, 3.8) is 0 Å². The second-order valence-corrected chi connectivity index (χ2v) is 2.34.